The van der Waals surface area contributed by atoms with Gasteiger partial charge in [0.05, 0.1) is 28.7 Å². The SMILES string of the molecule is COc1cc(NC(=O)C(C)n2nc(C)c([N+](=O)[O-])c2C)cc([N+](=O)[O-])c1. The van der Waals surface area contributed by atoms with E-state index in [0.29, 0.717) is 0 Å². The summed E-state index contributed by atoms with van der Waals surface area (Å²) < 4.78 is 6.24. The van der Waals surface area contributed by atoms with Crippen LogP contribution in [0.15, 0.2) is 18.2 Å². The number of anilines is 1. The Morgan fingerprint density at radius 2 is 1.88 bits per heavy atom. The number of aromatic nitrogens is 2. The maximum Gasteiger partial charge on any atom is 0.312 e. The molecule has 11 heteroatoms. The number of non-ortho nitro benzene ring substituents is 1. The lowest BCUT2D eigenvalue weighted by Gasteiger charge is -2.14. The maximum absolute atomic E-state index is 12.5. The van der Waals surface area contributed by atoms with Gasteiger partial charge in [-0.05, 0) is 20.8 Å². The number of carbonyl (C=O) groups excluding carboxylic acids is 1. The Kier molecular flexibility index (Phi) is 5.19. The molecule has 2 aromatic rings. The van der Waals surface area contributed by atoms with Crippen molar-refractivity contribution in [3.05, 3.63) is 49.8 Å². The van der Waals surface area contributed by atoms with Gasteiger partial charge in [-0.3, -0.25) is 29.7 Å². The Morgan fingerprint density at radius 3 is 2.38 bits per heavy atom. The van der Waals surface area contributed by atoms with E-state index in [0.717, 1.165) is 0 Å². The predicted molar refractivity (Wildman–Crippen MR) is 91.3 cm³/mol. The molecular formula is C15H17N5O6. The Labute approximate surface area is 147 Å². The van der Waals surface area contributed by atoms with Crippen molar-refractivity contribution >= 4 is 23.0 Å². The van der Waals surface area contributed by atoms with Gasteiger partial charge in [-0.2, -0.15) is 5.10 Å². The zero-order valence-electron chi connectivity index (χ0n) is 14.5. The number of nitro benzene ring substituents is 1. The van der Waals surface area contributed by atoms with Gasteiger partial charge in [-0.1, -0.05) is 0 Å². The van der Waals surface area contributed by atoms with E-state index in [1.807, 2.05) is 0 Å². The van der Waals surface area contributed by atoms with Crippen LogP contribution in [0.5, 0.6) is 5.75 Å². The number of benzene rings is 1. The third-order valence-corrected chi connectivity index (χ3v) is 3.82. The van der Waals surface area contributed by atoms with Crippen molar-refractivity contribution in [3.63, 3.8) is 0 Å². The zero-order chi connectivity index (χ0) is 19.6. The molecule has 0 radical (unpaired) electrons. The van der Waals surface area contributed by atoms with E-state index in [9.17, 15) is 25.0 Å². The van der Waals surface area contributed by atoms with Gasteiger partial charge in [-0.15, -0.1) is 0 Å². The lowest BCUT2D eigenvalue weighted by atomic mass is 10.2. The van der Waals surface area contributed by atoms with Crippen LogP contribution >= 0.6 is 0 Å². The van der Waals surface area contributed by atoms with Gasteiger partial charge in [0, 0.05) is 12.1 Å². The molecule has 1 aromatic heterocycles. The molecular weight excluding hydrogens is 346 g/mol. The van der Waals surface area contributed by atoms with E-state index in [1.165, 1.54) is 50.8 Å². The van der Waals surface area contributed by atoms with Gasteiger partial charge in [-0.25, -0.2) is 0 Å². The van der Waals surface area contributed by atoms with Crippen molar-refractivity contribution in [2.45, 2.75) is 26.8 Å². The van der Waals surface area contributed by atoms with Crippen molar-refractivity contribution < 1.29 is 19.4 Å². The van der Waals surface area contributed by atoms with E-state index in [2.05, 4.69) is 10.4 Å². The molecule has 1 aromatic carbocycles. The van der Waals surface area contributed by atoms with Crippen LogP contribution in [0, 0.1) is 34.1 Å². The summed E-state index contributed by atoms with van der Waals surface area (Å²) in [5, 5.41) is 28.7. The van der Waals surface area contributed by atoms with Gasteiger partial charge in [0.25, 0.3) is 5.69 Å². The standard InChI is InChI=1S/C15H17N5O6/c1-8-14(20(24)25)9(2)18(17-8)10(3)15(21)16-11-5-12(19(22)23)7-13(6-11)26-4/h5-7,10H,1-4H3,(H,16,21). The smallest absolute Gasteiger partial charge is 0.312 e. The van der Waals surface area contributed by atoms with Crippen molar-refractivity contribution in [1.29, 1.82) is 0 Å². The molecule has 138 valence electrons. The molecule has 0 bridgehead atoms. The van der Waals surface area contributed by atoms with Crippen LogP contribution in [0.2, 0.25) is 0 Å². The molecule has 1 heterocycles. The highest BCUT2D eigenvalue weighted by molar-refractivity contribution is 5.94. The molecule has 0 saturated heterocycles. The molecule has 0 fully saturated rings. The number of rotatable bonds is 6. The maximum atomic E-state index is 12.5. The number of nitro groups is 2. The number of amides is 1. The lowest BCUT2D eigenvalue weighted by molar-refractivity contribution is -0.386. The molecule has 11 nitrogen and oxygen atoms in total. The van der Waals surface area contributed by atoms with Crippen LogP contribution in [-0.2, 0) is 4.79 Å². The highest BCUT2D eigenvalue weighted by Crippen LogP contribution is 2.28. The normalized spacial score (nSPS) is 11.7. The minimum Gasteiger partial charge on any atom is -0.496 e. The first kappa shape index (κ1) is 18.8. The van der Waals surface area contributed by atoms with Crippen LogP contribution in [0.25, 0.3) is 0 Å². The van der Waals surface area contributed by atoms with E-state index in [-0.39, 0.29) is 34.2 Å². The summed E-state index contributed by atoms with van der Waals surface area (Å²) in [5.74, 6) is -0.322. The highest BCUT2D eigenvalue weighted by atomic mass is 16.6. The number of aryl methyl sites for hydroxylation is 1. The highest BCUT2D eigenvalue weighted by Gasteiger charge is 2.27. The first-order valence-electron chi connectivity index (χ1n) is 7.50. The van der Waals surface area contributed by atoms with E-state index >= 15 is 0 Å². The summed E-state index contributed by atoms with van der Waals surface area (Å²) in [6, 6.07) is 2.98. The summed E-state index contributed by atoms with van der Waals surface area (Å²) >= 11 is 0. The molecule has 1 N–H and O–H groups in total. The molecule has 1 unspecified atom stereocenters. The second-order valence-corrected chi connectivity index (χ2v) is 5.56. The van der Waals surface area contributed by atoms with Crippen LogP contribution in [0.3, 0.4) is 0 Å². The summed E-state index contributed by atoms with van der Waals surface area (Å²) in [7, 11) is 1.35. The topological polar surface area (TPSA) is 142 Å². The summed E-state index contributed by atoms with van der Waals surface area (Å²) in [4.78, 5) is 33.4. The van der Waals surface area contributed by atoms with Gasteiger partial charge in [0.1, 0.15) is 23.2 Å². The minimum atomic E-state index is -0.868. The molecule has 1 amide bonds. The number of hydrogen-bond donors (Lipinski definition) is 1. The summed E-state index contributed by atoms with van der Waals surface area (Å²) in [5.41, 5.74) is 0.218. The molecule has 1 atom stereocenters. The predicted octanol–water partition coefficient (Wildman–Crippen LogP) is 2.52. The fraction of sp³-hybridized carbons (Fsp3) is 0.333. The van der Waals surface area contributed by atoms with Gasteiger partial charge in [0.15, 0.2) is 0 Å². The second-order valence-electron chi connectivity index (χ2n) is 5.56. The Balaban J connectivity index is 2.30. The number of nitrogens with zero attached hydrogens (tertiary/aromatic N) is 4. The van der Waals surface area contributed by atoms with Crippen molar-refractivity contribution in [3.8, 4) is 5.75 Å². The van der Waals surface area contributed by atoms with Gasteiger partial charge < -0.3 is 10.1 Å². The van der Waals surface area contributed by atoms with E-state index < -0.39 is 21.8 Å². The Morgan fingerprint density at radius 1 is 1.23 bits per heavy atom. The number of methoxy groups -OCH3 is 1. The van der Waals surface area contributed by atoms with Crippen molar-refractivity contribution in [2.75, 3.05) is 12.4 Å². The van der Waals surface area contributed by atoms with Crippen LogP contribution in [-0.4, -0.2) is 32.6 Å². The molecule has 0 spiro atoms. The summed E-state index contributed by atoms with van der Waals surface area (Å²) in [6.45, 7) is 4.50. The van der Waals surface area contributed by atoms with Crippen LogP contribution < -0.4 is 10.1 Å². The zero-order valence-corrected chi connectivity index (χ0v) is 14.5. The second kappa shape index (κ2) is 7.17. The van der Waals surface area contributed by atoms with Crippen molar-refractivity contribution in [1.82, 2.24) is 9.78 Å². The molecule has 0 saturated carbocycles. The lowest BCUT2D eigenvalue weighted by Crippen LogP contribution is -2.25. The number of ether oxygens (including phenoxy) is 1. The van der Waals surface area contributed by atoms with Crippen molar-refractivity contribution in [2.24, 2.45) is 0 Å². The first-order chi connectivity index (χ1) is 12.1. The average molecular weight is 363 g/mol. The molecule has 26 heavy (non-hydrogen) atoms. The Bertz CT molecular complexity index is 891. The fourth-order valence-electron chi connectivity index (χ4n) is 2.53. The largest absolute Gasteiger partial charge is 0.496 e. The third-order valence-electron chi connectivity index (χ3n) is 3.82. The first-order valence-corrected chi connectivity index (χ1v) is 7.50. The monoisotopic (exact) mass is 363 g/mol. The third kappa shape index (κ3) is 3.61. The Hall–Kier alpha value is -3.50. The molecule has 0 aliphatic rings. The fourth-order valence-corrected chi connectivity index (χ4v) is 2.53. The number of hydrogen-bond acceptors (Lipinski definition) is 7. The molecule has 2 rings (SSSR count). The summed E-state index contributed by atoms with van der Waals surface area (Å²) in [6.07, 6.45) is 0. The van der Waals surface area contributed by atoms with Gasteiger partial charge in [0.2, 0.25) is 5.91 Å². The average Bonchev–Trinajstić information content (AvgIpc) is 2.88. The van der Waals surface area contributed by atoms with Gasteiger partial charge >= 0.3 is 5.69 Å². The van der Waals surface area contributed by atoms with E-state index in [1.54, 1.807) is 0 Å². The quantitative estimate of drug-likeness (QED) is 0.613. The molecule has 0 aliphatic heterocycles. The van der Waals surface area contributed by atoms with Crippen LogP contribution in [0.4, 0.5) is 17.1 Å². The number of carbonyl (C=O) groups is 1. The number of nitrogens with one attached hydrogen (secondary N) is 1. The van der Waals surface area contributed by atoms with E-state index in [4.69, 9.17) is 4.74 Å². The van der Waals surface area contributed by atoms with Crippen LogP contribution in [0.1, 0.15) is 24.4 Å². The minimum absolute atomic E-state index is 0.151. The molecule has 0 aliphatic carbocycles.